The minimum atomic E-state index is -0.200. The summed E-state index contributed by atoms with van der Waals surface area (Å²) in [6.07, 6.45) is 2.12. The molecule has 134 valence electrons. The van der Waals surface area contributed by atoms with Crippen LogP contribution in [0, 0.1) is 5.41 Å². The van der Waals surface area contributed by atoms with E-state index in [1.807, 2.05) is 38.1 Å². The van der Waals surface area contributed by atoms with Crippen molar-refractivity contribution >= 4 is 17.5 Å². The third-order valence-corrected chi connectivity index (χ3v) is 4.73. The lowest BCUT2D eigenvalue weighted by Gasteiger charge is -2.28. The molecule has 0 saturated heterocycles. The lowest BCUT2D eigenvalue weighted by atomic mass is 9.93. The molecule has 2 aromatic rings. The van der Waals surface area contributed by atoms with E-state index >= 15 is 0 Å². The fourth-order valence-electron chi connectivity index (χ4n) is 2.77. The van der Waals surface area contributed by atoms with E-state index in [-0.39, 0.29) is 17.1 Å². The van der Waals surface area contributed by atoms with Crippen LogP contribution >= 0.6 is 11.6 Å². The van der Waals surface area contributed by atoms with Crippen LogP contribution in [-0.4, -0.2) is 45.7 Å². The van der Waals surface area contributed by atoms with Crippen LogP contribution in [-0.2, 0) is 0 Å². The van der Waals surface area contributed by atoms with E-state index in [4.69, 9.17) is 17.3 Å². The van der Waals surface area contributed by atoms with Crippen molar-refractivity contribution < 1.29 is 4.79 Å². The fraction of sp³-hybridized carbons (Fsp3) is 0.500. The van der Waals surface area contributed by atoms with Crippen LogP contribution in [0.5, 0.6) is 0 Å². The number of amides is 1. The van der Waals surface area contributed by atoms with Gasteiger partial charge >= 0.3 is 0 Å². The molecule has 1 fully saturated rings. The fourth-order valence-corrected chi connectivity index (χ4v) is 2.99. The number of carbonyl (C=O) groups excluding carboxylic acids is 1. The van der Waals surface area contributed by atoms with Crippen molar-refractivity contribution in [2.45, 2.75) is 32.6 Å². The molecule has 3 rings (SSSR count). The number of hydrogen-bond acceptors (Lipinski definition) is 4. The van der Waals surface area contributed by atoms with Crippen LogP contribution < -0.4 is 5.73 Å². The molecule has 2 N–H and O–H groups in total. The van der Waals surface area contributed by atoms with Crippen molar-refractivity contribution in [1.82, 2.24) is 19.7 Å². The molecular weight excluding hydrogens is 338 g/mol. The number of carbonyl (C=O) groups is 1. The topological polar surface area (TPSA) is 77.0 Å². The summed E-state index contributed by atoms with van der Waals surface area (Å²) in [5, 5.41) is 5.07. The van der Waals surface area contributed by atoms with Crippen LogP contribution in [0.2, 0.25) is 5.02 Å². The smallest absolute Gasteiger partial charge is 0.293 e. The molecule has 1 amide bonds. The van der Waals surface area contributed by atoms with E-state index < -0.39 is 0 Å². The van der Waals surface area contributed by atoms with Gasteiger partial charge in [-0.25, -0.2) is 9.67 Å². The average Bonchev–Trinajstić information content (AvgIpc) is 3.33. The predicted octanol–water partition coefficient (Wildman–Crippen LogP) is 2.86. The highest BCUT2D eigenvalue weighted by molar-refractivity contribution is 6.32. The number of benzene rings is 1. The Kier molecular flexibility index (Phi) is 4.84. The van der Waals surface area contributed by atoms with Crippen LogP contribution in [0.1, 0.15) is 49.1 Å². The van der Waals surface area contributed by atoms with E-state index in [2.05, 4.69) is 10.1 Å². The number of nitrogens with zero attached hydrogens (tertiary/aromatic N) is 4. The number of para-hydroxylation sites is 1. The maximum Gasteiger partial charge on any atom is 0.293 e. The Morgan fingerprint density at radius 2 is 2.08 bits per heavy atom. The predicted molar refractivity (Wildman–Crippen MR) is 98.1 cm³/mol. The number of aromatic nitrogens is 3. The molecule has 1 saturated carbocycles. The molecule has 1 heterocycles. The third-order valence-electron chi connectivity index (χ3n) is 4.41. The van der Waals surface area contributed by atoms with Gasteiger partial charge in [0.1, 0.15) is 5.82 Å². The first-order valence-corrected chi connectivity index (χ1v) is 8.87. The first-order chi connectivity index (χ1) is 11.8. The number of nitrogens with two attached hydrogens (primary N) is 1. The van der Waals surface area contributed by atoms with Crippen molar-refractivity contribution in [3.8, 4) is 5.69 Å². The maximum absolute atomic E-state index is 12.8. The molecule has 1 aliphatic rings. The van der Waals surface area contributed by atoms with Crippen LogP contribution in [0.25, 0.3) is 5.69 Å². The molecule has 1 aliphatic carbocycles. The highest BCUT2D eigenvalue weighted by Gasteiger charge is 2.33. The molecule has 7 heteroatoms. The van der Waals surface area contributed by atoms with Gasteiger partial charge in [-0.3, -0.25) is 4.79 Å². The van der Waals surface area contributed by atoms with Gasteiger partial charge < -0.3 is 10.6 Å². The van der Waals surface area contributed by atoms with Gasteiger partial charge in [-0.05, 0) is 36.9 Å². The Hall–Kier alpha value is -1.92. The molecule has 6 nitrogen and oxygen atoms in total. The Labute approximate surface area is 153 Å². The van der Waals surface area contributed by atoms with Gasteiger partial charge in [0, 0.05) is 19.5 Å². The summed E-state index contributed by atoms with van der Waals surface area (Å²) in [6, 6.07) is 7.47. The molecule has 1 aromatic heterocycles. The molecule has 0 spiro atoms. The average molecular weight is 362 g/mol. The third kappa shape index (κ3) is 3.85. The zero-order valence-electron chi connectivity index (χ0n) is 14.9. The molecule has 0 radical (unpaired) electrons. The van der Waals surface area contributed by atoms with Gasteiger partial charge in [0.05, 0.1) is 10.7 Å². The first kappa shape index (κ1) is 17.9. The van der Waals surface area contributed by atoms with E-state index in [0.29, 0.717) is 24.0 Å². The highest BCUT2D eigenvalue weighted by Crippen LogP contribution is 2.40. The monoisotopic (exact) mass is 361 g/mol. The minimum absolute atomic E-state index is 0.158. The second-order valence-electron chi connectivity index (χ2n) is 7.46. The van der Waals surface area contributed by atoms with Gasteiger partial charge in [-0.1, -0.05) is 37.6 Å². The van der Waals surface area contributed by atoms with E-state index in [1.165, 1.54) is 0 Å². The molecule has 0 bridgehead atoms. The lowest BCUT2D eigenvalue weighted by Crippen LogP contribution is -2.40. The van der Waals surface area contributed by atoms with Crippen molar-refractivity contribution in [1.29, 1.82) is 0 Å². The molecule has 1 aromatic carbocycles. The quantitative estimate of drug-likeness (QED) is 0.858. The summed E-state index contributed by atoms with van der Waals surface area (Å²) >= 11 is 6.32. The summed E-state index contributed by atoms with van der Waals surface area (Å²) in [5.41, 5.74) is 6.37. The van der Waals surface area contributed by atoms with Gasteiger partial charge in [0.2, 0.25) is 5.82 Å². The Morgan fingerprint density at radius 1 is 1.40 bits per heavy atom. The Balaban J connectivity index is 1.92. The van der Waals surface area contributed by atoms with Crippen molar-refractivity contribution in [2.75, 3.05) is 20.1 Å². The number of hydrogen-bond donors (Lipinski definition) is 1. The largest absolute Gasteiger partial charge is 0.338 e. The zero-order valence-corrected chi connectivity index (χ0v) is 15.6. The summed E-state index contributed by atoms with van der Waals surface area (Å²) in [6.45, 7) is 5.10. The zero-order chi connectivity index (χ0) is 18.2. The summed E-state index contributed by atoms with van der Waals surface area (Å²) in [5.74, 6) is 1.16. The molecular formula is C18H24ClN5O. The molecule has 0 unspecified atom stereocenters. The minimum Gasteiger partial charge on any atom is -0.338 e. The second kappa shape index (κ2) is 6.77. The SMILES string of the molecule is CN(CC(C)(C)CN)C(=O)c1nc(C2CC2)n(-c2ccccc2Cl)n1. The van der Waals surface area contributed by atoms with Crippen LogP contribution in [0.4, 0.5) is 0 Å². The van der Waals surface area contributed by atoms with Crippen molar-refractivity contribution in [2.24, 2.45) is 11.1 Å². The highest BCUT2D eigenvalue weighted by atomic mass is 35.5. The molecule has 0 aliphatic heterocycles. The summed E-state index contributed by atoms with van der Waals surface area (Å²) in [7, 11) is 1.76. The van der Waals surface area contributed by atoms with E-state index in [1.54, 1.807) is 16.6 Å². The lowest BCUT2D eigenvalue weighted by molar-refractivity contribution is 0.0728. The molecule has 25 heavy (non-hydrogen) atoms. The number of halogens is 1. The first-order valence-electron chi connectivity index (χ1n) is 8.50. The maximum atomic E-state index is 12.8. The summed E-state index contributed by atoms with van der Waals surface area (Å²) in [4.78, 5) is 18.9. The summed E-state index contributed by atoms with van der Waals surface area (Å²) < 4.78 is 1.72. The van der Waals surface area contributed by atoms with Gasteiger partial charge in [0.25, 0.3) is 5.91 Å². The second-order valence-corrected chi connectivity index (χ2v) is 7.87. The van der Waals surface area contributed by atoms with Crippen molar-refractivity contribution in [3.05, 3.63) is 40.9 Å². The van der Waals surface area contributed by atoms with E-state index in [0.717, 1.165) is 24.4 Å². The van der Waals surface area contributed by atoms with Crippen LogP contribution in [0.15, 0.2) is 24.3 Å². The van der Waals surface area contributed by atoms with Gasteiger partial charge in [-0.15, -0.1) is 5.10 Å². The Morgan fingerprint density at radius 3 is 2.68 bits per heavy atom. The molecule has 0 atom stereocenters. The van der Waals surface area contributed by atoms with E-state index in [9.17, 15) is 4.79 Å². The van der Waals surface area contributed by atoms with Gasteiger partial charge in [0.15, 0.2) is 0 Å². The normalized spacial score (nSPS) is 14.6. The standard InChI is InChI=1S/C18H24ClN5O/c1-18(2,10-20)11-23(3)17(25)15-21-16(12-8-9-12)24(22-15)14-7-5-4-6-13(14)19/h4-7,12H,8-11,20H2,1-3H3. The Bertz CT molecular complexity index is 782. The van der Waals surface area contributed by atoms with Crippen LogP contribution in [0.3, 0.4) is 0 Å². The number of rotatable bonds is 6. The van der Waals surface area contributed by atoms with Crippen molar-refractivity contribution in [3.63, 3.8) is 0 Å². The van der Waals surface area contributed by atoms with Gasteiger partial charge in [-0.2, -0.15) is 0 Å².